The van der Waals surface area contributed by atoms with Crippen LogP contribution in [0.4, 0.5) is 5.82 Å². The molecule has 2 rings (SSSR count). The molecule has 1 aromatic rings. The van der Waals surface area contributed by atoms with Crippen LogP contribution in [-0.2, 0) is 0 Å². The van der Waals surface area contributed by atoms with Crippen LogP contribution in [0.3, 0.4) is 0 Å². The van der Waals surface area contributed by atoms with E-state index in [0.717, 1.165) is 11.5 Å². The molecule has 0 saturated carbocycles. The molecule has 0 spiro atoms. The first-order valence-electron chi connectivity index (χ1n) is 4.26. The second kappa shape index (κ2) is 2.48. The minimum Gasteiger partial charge on any atom is -0.304 e. The molecule has 66 valence electrons. The van der Waals surface area contributed by atoms with Crippen molar-refractivity contribution in [2.24, 2.45) is 5.92 Å². The summed E-state index contributed by atoms with van der Waals surface area (Å²) in [6.07, 6.45) is 0.286. The monoisotopic (exact) mass is 166 g/mol. The predicted octanol–water partition coefficient (Wildman–Crippen LogP) is 1.28. The first-order valence-corrected chi connectivity index (χ1v) is 4.26. The topological polar surface area (TPSA) is 41.9 Å². The predicted molar refractivity (Wildman–Crippen MR) is 47.6 cm³/mol. The maximum atomic E-state index is 4.39. The van der Waals surface area contributed by atoms with Crippen molar-refractivity contribution in [2.45, 2.75) is 26.9 Å². The molecule has 2 heterocycles. The van der Waals surface area contributed by atoms with Gasteiger partial charge in [0.25, 0.3) is 0 Å². The maximum Gasteiger partial charge on any atom is 0.140 e. The first-order chi connectivity index (χ1) is 5.68. The number of nitrogens with one attached hydrogen (secondary N) is 2. The molecular weight excluding hydrogens is 152 g/mol. The number of hydrazine groups is 1. The number of aromatic nitrogens is 2. The second-order valence-electron chi connectivity index (χ2n) is 3.57. The highest BCUT2D eigenvalue weighted by Gasteiger charge is 2.24. The van der Waals surface area contributed by atoms with E-state index in [1.54, 1.807) is 0 Å². The molecule has 0 amide bonds. The normalized spacial score (nSPS) is 21.2. The number of aryl methyl sites for hydroxylation is 1. The number of rotatable bonds is 1. The Bertz CT molecular complexity index is 289. The van der Waals surface area contributed by atoms with Crippen LogP contribution in [0.15, 0.2) is 6.07 Å². The van der Waals surface area contributed by atoms with Gasteiger partial charge in [-0.25, -0.2) is 10.1 Å². The fourth-order valence-corrected chi connectivity index (χ4v) is 1.48. The van der Waals surface area contributed by atoms with Crippen molar-refractivity contribution < 1.29 is 0 Å². The molecule has 1 aliphatic heterocycles. The van der Waals surface area contributed by atoms with Gasteiger partial charge in [-0.2, -0.15) is 5.10 Å². The first kappa shape index (κ1) is 7.61. The quantitative estimate of drug-likeness (QED) is 0.660. The summed E-state index contributed by atoms with van der Waals surface area (Å²) in [7, 11) is 0. The number of hydrogen-bond acceptors (Lipinski definition) is 3. The Morgan fingerprint density at radius 3 is 3.00 bits per heavy atom. The summed E-state index contributed by atoms with van der Waals surface area (Å²) >= 11 is 0. The smallest absolute Gasteiger partial charge is 0.140 e. The molecule has 1 atom stereocenters. The summed E-state index contributed by atoms with van der Waals surface area (Å²) in [5, 5.41) is 4.39. The molecule has 2 N–H and O–H groups in total. The van der Waals surface area contributed by atoms with Gasteiger partial charge in [0.05, 0.1) is 5.69 Å². The minimum atomic E-state index is 0.286. The van der Waals surface area contributed by atoms with E-state index in [4.69, 9.17) is 0 Å². The fraction of sp³-hybridized carbons (Fsp3) is 0.625. The van der Waals surface area contributed by atoms with Crippen LogP contribution in [-0.4, -0.2) is 9.78 Å². The van der Waals surface area contributed by atoms with Crippen molar-refractivity contribution in [3.8, 4) is 0 Å². The average Bonchev–Trinajstić information content (AvgIpc) is 2.43. The fourth-order valence-electron chi connectivity index (χ4n) is 1.48. The SMILES string of the molecule is Cc1cc2n(n1)C(C(C)C)NN2. The molecule has 0 radical (unpaired) electrons. The molecule has 4 heteroatoms. The molecule has 12 heavy (non-hydrogen) atoms. The van der Waals surface area contributed by atoms with Crippen LogP contribution in [0.5, 0.6) is 0 Å². The van der Waals surface area contributed by atoms with Crippen LogP contribution in [0.25, 0.3) is 0 Å². The highest BCUT2D eigenvalue weighted by molar-refractivity contribution is 5.38. The van der Waals surface area contributed by atoms with Gasteiger partial charge in [0.15, 0.2) is 0 Å². The zero-order chi connectivity index (χ0) is 8.72. The zero-order valence-electron chi connectivity index (χ0n) is 7.63. The zero-order valence-corrected chi connectivity index (χ0v) is 7.63. The van der Waals surface area contributed by atoms with E-state index in [0.29, 0.717) is 5.92 Å². The molecule has 0 aliphatic carbocycles. The standard InChI is InChI=1S/C8H14N4/c1-5(2)8-10-9-7-4-6(3)11-12(7)8/h4-5,8-10H,1-3H3. The van der Waals surface area contributed by atoms with E-state index in [1.807, 2.05) is 17.7 Å². The lowest BCUT2D eigenvalue weighted by Gasteiger charge is -2.14. The molecular formula is C8H14N4. The van der Waals surface area contributed by atoms with E-state index < -0.39 is 0 Å². The van der Waals surface area contributed by atoms with Crippen molar-refractivity contribution in [2.75, 3.05) is 5.43 Å². The Morgan fingerprint density at radius 2 is 2.33 bits per heavy atom. The van der Waals surface area contributed by atoms with Gasteiger partial charge in [-0.1, -0.05) is 13.8 Å². The summed E-state index contributed by atoms with van der Waals surface area (Å²) < 4.78 is 2.00. The summed E-state index contributed by atoms with van der Waals surface area (Å²) in [4.78, 5) is 0. The Hall–Kier alpha value is -1.03. The Morgan fingerprint density at radius 1 is 1.58 bits per heavy atom. The van der Waals surface area contributed by atoms with Crippen LogP contribution >= 0.6 is 0 Å². The molecule has 1 unspecified atom stereocenters. The van der Waals surface area contributed by atoms with E-state index in [2.05, 4.69) is 29.8 Å². The number of hydrogen-bond donors (Lipinski definition) is 2. The Labute approximate surface area is 71.9 Å². The summed E-state index contributed by atoms with van der Waals surface area (Å²) in [6, 6.07) is 2.04. The second-order valence-corrected chi connectivity index (χ2v) is 3.57. The molecule has 0 fully saturated rings. The third kappa shape index (κ3) is 0.992. The lowest BCUT2D eigenvalue weighted by atomic mass is 10.2. The molecule has 0 bridgehead atoms. The van der Waals surface area contributed by atoms with Gasteiger partial charge < -0.3 is 5.43 Å². The van der Waals surface area contributed by atoms with E-state index in [9.17, 15) is 0 Å². The highest BCUT2D eigenvalue weighted by atomic mass is 15.6. The molecule has 4 nitrogen and oxygen atoms in total. The van der Waals surface area contributed by atoms with E-state index in [1.165, 1.54) is 0 Å². The van der Waals surface area contributed by atoms with Crippen molar-refractivity contribution in [3.63, 3.8) is 0 Å². The van der Waals surface area contributed by atoms with Crippen LogP contribution < -0.4 is 10.9 Å². The highest BCUT2D eigenvalue weighted by Crippen LogP contribution is 2.24. The van der Waals surface area contributed by atoms with Gasteiger partial charge in [0, 0.05) is 6.07 Å². The molecule has 0 aromatic carbocycles. The molecule has 0 saturated heterocycles. The number of fused-ring (bicyclic) bond motifs is 1. The van der Waals surface area contributed by atoms with Gasteiger partial charge >= 0.3 is 0 Å². The Balaban J connectivity index is 2.34. The van der Waals surface area contributed by atoms with Gasteiger partial charge in [0.1, 0.15) is 12.0 Å². The van der Waals surface area contributed by atoms with Gasteiger partial charge in [0.2, 0.25) is 0 Å². The van der Waals surface area contributed by atoms with Crippen LogP contribution in [0.1, 0.15) is 25.7 Å². The third-order valence-electron chi connectivity index (χ3n) is 2.10. The molecule has 1 aromatic heterocycles. The average molecular weight is 166 g/mol. The lowest BCUT2D eigenvalue weighted by molar-refractivity contribution is 0.334. The summed E-state index contributed by atoms with van der Waals surface area (Å²) in [5.74, 6) is 1.60. The Kier molecular flexibility index (Phi) is 1.58. The summed E-state index contributed by atoms with van der Waals surface area (Å²) in [6.45, 7) is 6.35. The third-order valence-corrected chi connectivity index (χ3v) is 2.10. The van der Waals surface area contributed by atoms with Crippen molar-refractivity contribution in [1.29, 1.82) is 0 Å². The lowest BCUT2D eigenvalue weighted by Crippen LogP contribution is -2.26. The number of nitrogens with zero attached hydrogens (tertiary/aromatic N) is 2. The largest absolute Gasteiger partial charge is 0.304 e. The van der Waals surface area contributed by atoms with Gasteiger partial charge in [-0.05, 0) is 12.8 Å². The van der Waals surface area contributed by atoms with Crippen molar-refractivity contribution in [1.82, 2.24) is 15.2 Å². The number of anilines is 1. The van der Waals surface area contributed by atoms with Gasteiger partial charge in [-0.15, -0.1) is 0 Å². The van der Waals surface area contributed by atoms with E-state index >= 15 is 0 Å². The van der Waals surface area contributed by atoms with Crippen LogP contribution in [0.2, 0.25) is 0 Å². The van der Waals surface area contributed by atoms with Crippen molar-refractivity contribution >= 4 is 5.82 Å². The molecule has 1 aliphatic rings. The summed E-state index contributed by atoms with van der Waals surface area (Å²) in [5.41, 5.74) is 7.34. The van der Waals surface area contributed by atoms with Crippen molar-refractivity contribution in [3.05, 3.63) is 11.8 Å². The van der Waals surface area contributed by atoms with Gasteiger partial charge in [-0.3, -0.25) is 0 Å². The maximum absolute atomic E-state index is 4.39. The van der Waals surface area contributed by atoms with E-state index in [-0.39, 0.29) is 6.17 Å². The van der Waals surface area contributed by atoms with Crippen LogP contribution in [0, 0.1) is 12.8 Å². The minimum absolute atomic E-state index is 0.286.